The second-order valence-electron chi connectivity index (χ2n) is 6.35. The minimum absolute atomic E-state index is 0.0198. The first-order chi connectivity index (χ1) is 12.3. The van der Waals surface area contributed by atoms with Crippen molar-refractivity contribution in [3.05, 3.63) is 56.4 Å². The van der Waals surface area contributed by atoms with Crippen LogP contribution in [0.15, 0.2) is 36.5 Å². The van der Waals surface area contributed by atoms with Gasteiger partial charge in [0.05, 0.1) is 14.7 Å². The van der Waals surface area contributed by atoms with Gasteiger partial charge in [-0.3, -0.25) is 14.9 Å². The molecule has 1 amide bonds. The molecule has 0 atom stereocenters. The van der Waals surface area contributed by atoms with Crippen molar-refractivity contribution in [3.63, 3.8) is 0 Å². The number of hydrogen-bond donors (Lipinski definition) is 1. The lowest BCUT2D eigenvalue weighted by atomic mass is 10.2. The van der Waals surface area contributed by atoms with Gasteiger partial charge in [-0.25, -0.2) is 0 Å². The molecule has 0 saturated carbocycles. The number of amides is 1. The van der Waals surface area contributed by atoms with Crippen LogP contribution in [0, 0.1) is 17.0 Å². The molecular formula is C18H20N4O3S. The summed E-state index contributed by atoms with van der Waals surface area (Å²) >= 11 is 1.12. The summed E-state index contributed by atoms with van der Waals surface area (Å²) < 4.78 is 2.17. The van der Waals surface area contributed by atoms with Crippen molar-refractivity contribution in [2.24, 2.45) is 0 Å². The molecule has 136 valence electrons. The van der Waals surface area contributed by atoms with Gasteiger partial charge in [-0.05, 0) is 45.3 Å². The molecule has 0 spiro atoms. The van der Waals surface area contributed by atoms with Crippen molar-refractivity contribution in [1.29, 1.82) is 0 Å². The lowest BCUT2D eigenvalue weighted by Gasteiger charge is -2.11. The van der Waals surface area contributed by atoms with Crippen LogP contribution in [0.5, 0.6) is 0 Å². The molecule has 0 aliphatic heterocycles. The molecule has 0 aliphatic rings. The third-order valence-electron chi connectivity index (χ3n) is 4.13. The van der Waals surface area contributed by atoms with E-state index in [9.17, 15) is 14.9 Å². The first-order valence-electron chi connectivity index (χ1n) is 8.15. The summed E-state index contributed by atoms with van der Waals surface area (Å²) in [4.78, 5) is 25.8. The summed E-state index contributed by atoms with van der Waals surface area (Å²) in [7, 11) is 4.08. The third kappa shape index (κ3) is 3.76. The Morgan fingerprint density at radius 3 is 2.73 bits per heavy atom. The zero-order valence-corrected chi connectivity index (χ0v) is 15.7. The predicted octanol–water partition coefficient (Wildman–Crippen LogP) is 3.73. The Bertz CT molecular complexity index is 974. The Hall–Kier alpha value is -2.71. The summed E-state index contributed by atoms with van der Waals surface area (Å²) in [5.74, 6) is -0.336. The van der Waals surface area contributed by atoms with Gasteiger partial charge in [0.25, 0.3) is 11.6 Å². The van der Waals surface area contributed by atoms with Crippen molar-refractivity contribution >= 4 is 39.5 Å². The quantitative estimate of drug-likeness (QED) is 0.528. The smallest absolute Gasteiger partial charge is 0.283 e. The predicted molar refractivity (Wildman–Crippen MR) is 104 cm³/mol. The highest BCUT2D eigenvalue weighted by Gasteiger charge is 2.19. The summed E-state index contributed by atoms with van der Waals surface area (Å²) in [5, 5.41) is 14.8. The highest BCUT2D eigenvalue weighted by Crippen LogP contribution is 2.29. The van der Waals surface area contributed by atoms with Crippen molar-refractivity contribution < 1.29 is 9.72 Å². The first kappa shape index (κ1) is 18.1. The van der Waals surface area contributed by atoms with E-state index in [0.717, 1.165) is 35.3 Å². The summed E-state index contributed by atoms with van der Waals surface area (Å²) in [6.07, 6.45) is 2.03. The lowest BCUT2D eigenvalue weighted by Crippen LogP contribution is -2.17. The number of anilines is 1. The van der Waals surface area contributed by atoms with Crippen molar-refractivity contribution in [3.8, 4) is 0 Å². The maximum Gasteiger partial charge on any atom is 0.283 e. The number of likely N-dealkylation sites (N-methyl/N-ethyl adjacent to an activating group) is 1. The van der Waals surface area contributed by atoms with E-state index >= 15 is 0 Å². The van der Waals surface area contributed by atoms with Gasteiger partial charge in [-0.15, -0.1) is 11.3 Å². The van der Waals surface area contributed by atoms with E-state index in [4.69, 9.17) is 0 Å². The molecule has 1 N–H and O–H groups in total. The van der Waals surface area contributed by atoms with Crippen LogP contribution in [-0.2, 0) is 6.54 Å². The SMILES string of the molecule is Cc1sc(C(=O)Nc2ccc3c(ccn3CCN(C)C)c2)cc1[N+](=O)[O-]. The van der Waals surface area contributed by atoms with Crippen LogP contribution in [0.25, 0.3) is 10.9 Å². The van der Waals surface area contributed by atoms with Crippen LogP contribution in [0.1, 0.15) is 14.5 Å². The lowest BCUT2D eigenvalue weighted by molar-refractivity contribution is -0.385. The standard InChI is InChI=1S/C18H20N4O3S/c1-12-16(22(24)25)11-17(26-12)18(23)19-14-4-5-15-13(10-14)6-7-21(15)9-8-20(2)3/h4-7,10-11H,8-9H2,1-3H3,(H,19,23). The van der Waals surface area contributed by atoms with E-state index in [2.05, 4.69) is 14.8 Å². The monoisotopic (exact) mass is 372 g/mol. The van der Waals surface area contributed by atoms with E-state index in [1.165, 1.54) is 6.07 Å². The van der Waals surface area contributed by atoms with Gasteiger partial charge in [0, 0.05) is 41.9 Å². The molecule has 2 heterocycles. The molecular weight excluding hydrogens is 352 g/mol. The molecule has 7 nitrogen and oxygen atoms in total. The fraction of sp³-hybridized carbons (Fsp3) is 0.278. The van der Waals surface area contributed by atoms with Crippen LogP contribution >= 0.6 is 11.3 Å². The summed E-state index contributed by atoms with van der Waals surface area (Å²) in [6.45, 7) is 3.47. The number of carbonyl (C=O) groups excluding carboxylic acids is 1. The van der Waals surface area contributed by atoms with Crippen LogP contribution in [0.3, 0.4) is 0 Å². The highest BCUT2D eigenvalue weighted by atomic mass is 32.1. The second-order valence-corrected chi connectivity index (χ2v) is 7.61. The molecule has 0 radical (unpaired) electrons. The number of fused-ring (bicyclic) bond motifs is 1. The Labute approximate surface area is 155 Å². The summed E-state index contributed by atoms with van der Waals surface area (Å²) in [5.41, 5.74) is 1.75. The van der Waals surface area contributed by atoms with Gasteiger partial charge in [0.15, 0.2) is 0 Å². The Balaban J connectivity index is 1.77. The Morgan fingerprint density at radius 2 is 2.08 bits per heavy atom. The molecule has 0 unspecified atom stereocenters. The summed E-state index contributed by atoms with van der Waals surface area (Å²) in [6, 6.07) is 9.07. The molecule has 0 bridgehead atoms. The molecule has 0 aliphatic carbocycles. The van der Waals surface area contributed by atoms with E-state index in [-0.39, 0.29) is 11.6 Å². The third-order valence-corrected chi connectivity index (χ3v) is 5.17. The molecule has 1 aromatic carbocycles. The zero-order chi connectivity index (χ0) is 18.8. The number of nitro groups is 1. The zero-order valence-electron chi connectivity index (χ0n) is 14.9. The number of carbonyl (C=O) groups is 1. The number of nitrogens with one attached hydrogen (secondary N) is 1. The van der Waals surface area contributed by atoms with E-state index < -0.39 is 4.92 Å². The molecule has 0 saturated heterocycles. The van der Waals surface area contributed by atoms with E-state index in [1.807, 2.05) is 44.6 Å². The van der Waals surface area contributed by atoms with Crippen molar-refractivity contribution in [2.75, 3.05) is 26.0 Å². The van der Waals surface area contributed by atoms with Crippen LogP contribution in [-0.4, -0.2) is 40.9 Å². The topological polar surface area (TPSA) is 80.4 Å². The van der Waals surface area contributed by atoms with Gasteiger partial charge in [0.1, 0.15) is 0 Å². The maximum absolute atomic E-state index is 12.4. The van der Waals surface area contributed by atoms with E-state index in [0.29, 0.717) is 15.4 Å². The number of aromatic nitrogens is 1. The molecule has 26 heavy (non-hydrogen) atoms. The number of benzene rings is 1. The fourth-order valence-electron chi connectivity index (χ4n) is 2.74. The van der Waals surface area contributed by atoms with Crippen LogP contribution in [0.4, 0.5) is 11.4 Å². The number of rotatable bonds is 6. The van der Waals surface area contributed by atoms with Gasteiger partial charge < -0.3 is 14.8 Å². The number of aryl methyl sites for hydroxylation is 1. The maximum atomic E-state index is 12.4. The molecule has 3 rings (SSSR count). The molecule has 8 heteroatoms. The fourth-order valence-corrected chi connectivity index (χ4v) is 3.62. The van der Waals surface area contributed by atoms with Crippen molar-refractivity contribution in [1.82, 2.24) is 9.47 Å². The van der Waals surface area contributed by atoms with Gasteiger partial charge in [-0.1, -0.05) is 0 Å². The van der Waals surface area contributed by atoms with E-state index in [1.54, 1.807) is 6.92 Å². The first-order valence-corrected chi connectivity index (χ1v) is 8.96. The number of hydrogen-bond acceptors (Lipinski definition) is 5. The Kier molecular flexibility index (Phi) is 5.06. The normalized spacial score (nSPS) is 11.2. The average Bonchev–Trinajstić information content (AvgIpc) is 3.16. The van der Waals surface area contributed by atoms with Gasteiger partial charge in [0.2, 0.25) is 0 Å². The molecule has 3 aromatic rings. The van der Waals surface area contributed by atoms with Crippen LogP contribution < -0.4 is 5.32 Å². The van der Waals surface area contributed by atoms with Gasteiger partial charge in [-0.2, -0.15) is 0 Å². The number of thiophene rings is 1. The van der Waals surface area contributed by atoms with Crippen LogP contribution in [0.2, 0.25) is 0 Å². The minimum Gasteiger partial charge on any atom is -0.346 e. The second kappa shape index (κ2) is 7.27. The molecule has 0 fully saturated rings. The Morgan fingerprint density at radius 1 is 1.31 bits per heavy atom. The van der Waals surface area contributed by atoms with Gasteiger partial charge >= 0.3 is 0 Å². The minimum atomic E-state index is -0.467. The highest BCUT2D eigenvalue weighted by molar-refractivity contribution is 7.14. The average molecular weight is 372 g/mol. The number of nitrogens with zero attached hydrogens (tertiary/aromatic N) is 3. The largest absolute Gasteiger partial charge is 0.346 e. The molecule has 2 aromatic heterocycles. The van der Waals surface area contributed by atoms with Crippen molar-refractivity contribution in [2.45, 2.75) is 13.5 Å².